The Labute approximate surface area is 163 Å². The van der Waals surface area contributed by atoms with Crippen molar-refractivity contribution in [2.24, 2.45) is 0 Å². The quantitative estimate of drug-likeness (QED) is 0.193. The maximum absolute atomic E-state index is 12.5. The van der Waals surface area contributed by atoms with Gasteiger partial charge in [0.2, 0.25) is 0 Å². The number of esters is 2. The Balaban J connectivity index is 2.10. The number of hydrogen-bond donors (Lipinski definition) is 0. The molecule has 0 N–H and O–H groups in total. The second kappa shape index (κ2) is 10.9. The van der Waals surface area contributed by atoms with E-state index in [0.717, 1.165) is 18.4 Å². The molecule has 148 valence electrons. The summed E-state index contributed by atoms with van der Waals surface area (Å²) in [5, 5.41) is 0. The minimum Gasteiger partial charge on any atom is -0.418 e. The molecule has 7 nitrogen and oxygen atoms in total. The number of hydrogen-bond acceptors (Lipinski definition) is 7. The van der Waals surface area contributed by atoms with Crippen LogP contribution in [0.2, 0.25) is 0 Å². The van der Waals surface area contributed by atoms with Gasteiger partial charge in [-0.05, 0) is 56.0 Å². The summed E-state index contributed by atoms with van der Waals surface area (Å²) in [7, 11) is 0. The predicted molar refractivity (Wildman–Crippen MR) is 100 cm³/mol. The highest BCUT2D eigenvalue weighted by Gasteiger charge is 2.45. The first-order valence-corrected chi connectivity index (χ1v) is 9.07. The number of rotatable bonds is 11. The lowest BCUT2D eigenvalue weighted by atomic mass is 10.0. The van der Waals surface area contributed by atoms with Crippen LogP contribution in [0.4, 0.5) is 0 Å². The summed E-state index contributed by atoms with van der Waals surface area (Å²) < 4.78 is 15.4. The third-order valence-electron chi connectivity index (χ3n) is 4.08. The molecule has 1 aromatic carbocycles. The molecule has 0 aliphatic heterocycles. The van der Waals surface area contributed by atoms with Gasteiger partial charge in [-0.2, -0.15) is 0 Å². The summed E-state index contributed by atoms with van der Waals surface area (Å²) in [5.41, 5.74) is 1.37. The monoisotopic (exact) mass is 385 g/mol. The fourth-order valence-corrected chi connectivity index (χ4v) is 2.74. The lowest BCUT2D eigenvalue weighted by Crippen LogP contribution is -2.47. The van der Waals surface area contributed by atoms with Crippen LogP contribution in [0.1, 0.15) is 42.1 Å². The van der Waals surface area contributed by atoms with Gasteiger partial charge in [-0.25, -0.2) is 9.59 Å². The Kier molecular flexibility index (Phi) is 8.30. The number of unbranched alkanes of at least 4 members (excludes halogenated alkanes) is 1. The molecule has 0 saturated heterocycles. The maximum atomic E-state index is 12.5. The molecule has 1 aromatic heterocycles. The van der Waals surface area contributed by atoms with Gasteiger partial charge in [0.15, 0.2) is 0 Å². The van der Waals surface area contributed by atoms with Crippen molar-refractivity contribution in [3.05, 3.63) is 66.0 Å². The van der Waals surface area contributed by atoms with Crippen LogP contribution in [-0.2, 0) is 30.2 Å². The Morgan fingerprint density at radius 1 is 1.07 bits per heavy atom. The summed E-state index contributed by atoms with van der Waals surface area (Å²) in [6.07, 6.45) is 5.48. The van der Waals surface area contributed by atoms with E-state index in [0.29, 0.717) is 6.42 Å². The maximum Gasteiger partial charge on any atom is 0.387 e. The highest BCUT2D eigenvalue weighted by atomic mass is 16.7. The third-order valence-corrected chi connectivity index (χ3v) is 4.08. The molecule has 0 saturated carbocycles. The highest BCUT2D eigenvalue weighted by Crippen LogP contribution is 2.25. The minimum atomic E-state index is -1.97. The molecule has 0 aliphatic carbocycles. The van der Waals surface area contributed by atoms with Crippen LogP contribution in [-0.4, -0.2) is 35.8 Å². The van der Waals surface area contributed by atoms with Gasteiger partial charge in [0, 0.05) is 25.4 Å². The largest absolute Gasteiger partial charge is 0.418 e. The van der Waals surface area contributed by atoms with Crippen molar-refractivity contribution in [2.45, 2.75) is 38.4 Å². The van der Waals surface area contributed by atoms with Crippen molar-refractivity contribution in [2.75, 3.05) is 6.61 Å². The molecular formula is C21H23NO6. The van der Waals surface area contributed by atoms with Crippen molar-refractivity contribution in [1.82, 2.24) is 4.98 Å². The number of aryl methyl sites for hydroxylation is 1. The number of benzene rings is 1. The van der Waals surface area contributed by atoms with Crippen molar-refractivity contribution < 1.29 is 28.6 Å². The molecule has 0 amide bonds. The highest BCUT2D eigenvalue weighted by molar-refractivity contribution is 5.93. The Morgan fingerprint density at radius 2 is 1.79 bits per heavy atom. The van der Waals surface area contributed by atoms with E-state index in [4.69, 9.17) is 9.47 Å². The summed E-state index contributed by atoms with van der Waals surface area (Å²) in [5.74, 6) is -3.75. The van der Waals surface area contributed by atoms with Gasteiger partial charge in [0.05, 0.1) is 5.56 Å². The molecule has 1 unspecified atom stereocenters. The number of carbonyl (C=O) groups is 3. The molecule has 2 aromatic rings. The lowest BCUT2D eigenvalue weighted by Gasteiger charge is -2.29. The van der Waals surface area contributed by atoms with E-state index in [1.165, 1.54) is 0 Å². The zero-order valence-corrected chi connectivity index (χ0v) is 15.7. The van der Waals surface area contributed by atoms with Gasteiger partial charge >= 0.3 is 24.2 Å². The van der Waals surface area contributed by atoms with Crippen LogP contribution in [0.3, 0.4) is 0 Å². The summed E-state index contributed by atoms with van der Waals surface area (Å²) in [6.45, 7) is 1.76. The summed E-state index contributed by atoms with van der Waals surface area (Å²) in [6, 6.07) is 12.1. The molecule has 0 fully saturated rings. The molecule has 0 bridgehead atoms. The van der Waals surface area contributed by atoms with Gasteiger partial charge in [0.25, 0.3) is 0 Å². The second-order valence-electron chi connectivity index (χ2n) is 6.01. The predicted octanol–water partition coefficient (Wildman–Crippen LogP) is 3.08. The van der Waals surface area contributed by atoms with Crippen molar-refractivity contribution in [1.29, 1.82) is 0 Å². The van der Waals surface area contributed by atoms with E-state index in [1.54, 1.807) is 49.6 Å². The number of pyridine rings is 1. The zero-order valence-electron chi connectivity index (χ0n) is 15.7. The SMILES string of the molecule is CCOC(CCCCc1ccncc1)(OC(=O)c1ccccc1)C(=O)OC=O. The first-order valence-electron chi connectivity index (χ1n) is 9.07. The van der Waals surface area contributed by atoms with E-state index in [2.05, 4.69) is 9.72 Å². The van der Waals surface area contributed by atoms with Crippen molar-refractivity contribution in [3.63, 3.8) is 0 Å². The van der Waals surface area contributed by atoms with E-state index in [9.17, 15) is 14.4 Å². The van der Waals surface area contributed by atoms with Crippen molar-refractivity contribution >= 4 is 18.4 Å². The fourth-order valence-electron chi connectivity index (χ4n) is 2.74. The average molecular weight is 385 g/mol. The molecule has 0 spiro atoms. The number of ether oxygens (including phenoxy) is 3. The summed E-state index contributed by atoms with van der Waals surface area (Å²) in [4.78, 5) is 39.6. The van der Waals surface area contributed by atoms with E-state index in [-0.39, 0.29) is 25.1 Å². The molecule has 2 rings (SSSR count). The average Bonchev–Trinajstić information content (AvgIpc) is 2.72. The normalized spacial score (nSPS) is 12.6. The van der Waals surface area contributed by atoms with Gasteiger partial charge in [-0.1, -0.05) is 18.2 Å². The first kappa shape index (κ1) is 21.2. The van der Waals surface area contributed by atoms with E-state index in [1.807, 2.05) is 12.1 Å². The fraction of sp³-hybridized carbons (Fsp3) is 0.333. The molecule has 7 heteroatoms. The van der Waals surface area contributed by atoms with Gasteiger partial charge in [0.1, 0.15) is 0 Å². The standard InChI is InChI=1S/C21H23NO6/c1-2-27-21(20(25)26-16-23,28-19(24)18-9-4-3-5-10-18)13-7-6-8-17-11-14-22-15-12-17/h3-5,9-12,14-16H,2,6-8,13H2,1H3. The Bertz CT molecular complexity index is 765. The second-order valence-corrected chi connectivity index (χ2v) is 6.01. The molecular weight excluding hydrogens is 362 g/mol. The van der Waals surface area contributed by atoms with Crippen LogP contribution >= 0.6 is 0 Å². The zero-order chi connectivity index (χ0) is 20.2. The Morgan fingerprint density at radius 3 is 2.43 bits per heavy atom. The smallest absolute Gasteiger partial charge is 0.387 e. The van der Waals surface area contributed by atoms with Gasteiger partial charge in [-0.15, -0.1) is 0 Å². The minimum absolute atomic E-state index is 0.00340. The third kappa shape index (κ3) is 5.99. The molecule has 1 atom stereocenters. The first-order chi connectivity index (χ1) is 13.6. The van der Waals surface area contributed by atoms with Crippen LogP contribution < -0.4 is 0 Å². The molecule has 0 aliphatic rings. The van der Waals surface area contributed by atoms with Crippen LogP contribution in [0.5, 0.6) is 0 Å². The van der Waals surface area contributed by atoms with Crippen molar-refractivity contribution in [3.8, 4) is 0 Å². The summed E-state index contributed by atoms with van der Waals surface area (Å²) >= 11 is 0. The van der Waals surface area contributed by atoms with Crippen LogP contribution in [0.25, 0.3) is 0 Å². The van der Waals surface area contributed by atoms with E-state index < -0.39 is 17.7 Å². The molecule has 28 heavy (non-hydrogen) atoms. The number of nitrogens with zero attached hydrogens (tertiary/aromatic N) is 1. The van der Waals surface area contributed by atoms with Crippen LogP contribution in [0, 0.1) is 0 Å². The van der Waals surface area contributed by atoms with Gasteiger partial charge in [-0.3, -0.25) is 9.78 Å². The number of aromatic nitrogens is 1. The lowest BCUT2D eigenvalue weighted by molar-refractivity contribution is -0.227. The van der Waals surface area contributed by atoms with Crippen LogP contribution in [0.15, 0.2) is 54.9 Å². The van der Waals surface area contributed by atoms with E-state index >= 15 is 0 Å². The topological polar surface area (TPSA) is 91.8 Å². The van der Waals surface area contributed by atoms with Gasteiger partial charge < -0.3 is 14.2 Å². The Hall–Kier alpha value is -3.06. The molecule has 1 heterocycles. The molecule has 0 radical (unpaired) electrons. The number of carbonyl (C=O) groups excluding carboxylic acids is 3.